The molecule has 1 atom stereocenters. The van der Waals surface area contributed by atoms with Crippen molar-refractivity contribution in [1.82, 2.24) is 20.4 Å². The lowest BCUT2D eigenvalue weighted by atomic mass is 10.1. The van der Waals surface area contributed by atoms with Crippen LogP contribution in [0.15, 0.2) is 10.7 Å². The summed E-state index contributed by atoms with van der Waals surface area (Å²) >= 11 is 1.58. The second-order valence-electron chi connectivity index (χ2n) is 4.56. The van der Waals surface area contributed by atoms with Crippen LogP contribution in [-0.4, -0.2) is 21.7 Å². The summed E-state index contributed by atoms with van der Waals surface area (Å²) in [6.45, 7) is 3.01. The standard InChI is InChI=1S/C12H16N4OS/c1-8-14-7-10(18-8)12-15-11(16-17-12)9-5-3-2-4-6-13-9/h7,9,13H,2-6H2,1H3. The van der Waals surface area contributed by atoms with Crippen molar-refractivity contribution in [2.45, 2.75) is 38.6 Å². The average Bonchev–Trinajstić information content (AvgIpc) is 2.92. The number of hydrogen-bond donors (Lipinski definition) is 1. The van der Waals surface area contributed by atoms with Crippen molar-refractivity contribution < 1.29 is 4.52 Å². The van der Waals surface area contributed by atoms with Crippen LogP contribution in [0.4, 0.5) is 0 Å². The number of hydrogen-bond acceptors (Lipinski definition) is 6. The second kappa shape index (κ2) is 5.16. The van der Waals surface area contributed by atoms with Gasteiger partial charge < -0.3 is 9.84 Å². The minimum Gasteiger partial charge on any atom is -0.333 e. The van der Waals surface area contributed by atoms with E-state index >= 15 is 0 Å². The molecule has 1 unspecified atom stereocenters. The van der Waals surface area contributed by atoms with Crippen LogP contribution in [0.25, 0.3) is 10.8 Å². The summed E-state index contributed by atoms with van der Waals surface area (Å²) in [5, 5.41) is 8.58. The third-order valence-corrected chi connectivity index (χ3v) is 4.05. The number of nitrogens with zero attached hydrogens (tertiary/aromatic N) is 3. The number of nitrogens with one attached hydrogen (secondary N) is 1. The third-order valence-electron chi connectivity index (χ3n) is 3.15. The lowest BCUT2D eigenvalue weighted by Crippen LogP contribution is -2.21. The van der Waals surface area contributed by atoms with E-state index in [0.29, 0.717) is 5.89 Å². The smallest absolute Gasteiger partial charge is 0.269 e. The highest BCUT2D eigenvalue weighted by atomic mass is 32.1. The molecule has 0 radical (unpaired) electrons. The predicted molar refractivity (Wildman–Crippen MR) is 69.4 cm³/mol. The molecule has 1 saturated heterocycles. The summed E-state index contributed by atoms with van der Waals surface area (Å²) < 4.78 is 5.33. The number of aryl methyl sites for hydroxylation is 1. The minimum absolute atomic E-state index is 0.235. The van der Waals surface area contributed by atoms with E-state index in [0.717, 1.165) is 28.7 Å². The van der Waals surface area contributed by atoms with Crippen LogP contribution in [0.5, 0.6) is 0 Å². The molecule has 1 aliphatic heterocycles. The van der Waals surface area contributed by atoms with Gasteiger partial charge in [0.25, 0.3) is 5.89 Å². The molecule has 0 amide bonds. The molecule has 0 bridgehead atoms. The molecule has 1 N–H and O–H groups in total. The molecule has 18 heavy (non-hydrogen) atoms. The first-order valence-electron chi connectivity index (χ1n) is 6.33. The van der Waals surface area contributed by atoms with Crippen molar-refractivity contribution in [3.8, 4) is 10.8 Å². The zero-order valence-electron chi connectivity index (χ0n) is 10.3. The molecule has 6 heteroatoms. The molecule has 5 nitrogen and oxygen atoms in total. The van der Waals surface area contributed by atoms with E-state index in [1.165, 1.54) is 19.3 Å². The van der Waals surface area contributed by atoms with Crippen LogP contribution in [0.3, 0.4) is 0 Å². The Balaban J connectivity index is 1.80. The van der Waals surface area contributed by atoms with Crippen LogP contribution in [-0.2, 0) is 0 Å². The molecule has 0 aromatic carbocycles. The van der Waals surface area contributed by atoms with Crippen molar-refractivity contribution in [2.75, 3.05) is 6.54 Å². The fourth-order valence-corrected chi connectivity index (χ4v) is 2.89. The Morgan fingerprint density at radius 3 is 3.17 bits per heavy atom. The lowest BCUT2D eigenvalue weighted by Gasteiger charge is -2.09. The van der Waals surface area contributed by atoms with Crippen LogP contribution >= 0.6 is 11.3 Å². The zero-order valence-corrected chi connectivity index (χ0v) is 11.2. The van der Waals surface area contributed by atoms with Crippen molar-refractivity contribution in [1.29, 1.82) is 0 Å². The largest absolute Gasteiger partial charge is 0.333 e. The lowest BCUT2D eigenvalue weighted by molar-refractivity contribution is 0.403. The molecule has 2 aromatic rings. The summed E-state index contributed by atoms with van der Waals surface area (Å²) in [6.07, 6.45) is 6.61. The van der Waals surface area contributed by atoms with Crippen LogP contribution in [0.2, 0.25) is 0 Å². The molecule has 1 aliphatic rings. The maximum absolute atomic E-state index is 5.33. The first kappa shape index (κ1) is 11.8. The maximum Gasteiger partial charge on any atom is 0.269 e. The molecular formula is C12H16N4OS. The van der Waals surface area contributed by atoms with E-state index in [9.17, 15) is 0 Å². The van der Waals surface area contributed by atoms with E-state index in [1.807, 2.05) is 6.92 Å². The van der Waals surface area contributed by atoms with Crippen LogP contribution in [0, 0.1) is 6.92 Å². The van der Waals surface area contributed by atoms with Crippen LogP contribution < -0.4 is 5.32 Å². The summed E-state index contributed by atoms with van der Waals surface area (Å²) in [5.74, 6) is 1.36. The first-order chi connectivity index (χ1) is 8.83. The van der Waals surface area contributed by atoms with Gasteiger partial charge in [-0.2, -0.15) is 4.98 Å². The monoisotopic (exact) mass is 264 g/mol. The van der Waals surface area contributed by atoms with Crippen molar-refractivity contribution in [3.63, 3.8) is 0 Å². The fraction of sp³-hybridized carbons (Fsp3) is 0.583. The summed E-state index contributed by atoms with van der Waals surface area (Å²) in [7, 11) is 0. The van der Waals surface area contributed by atoms with Crippen molar-refractivity contribution >= 4 is 11.3 Å². The molecule has 3 rings (SSSR count). The molecular weight excluding hydrogens is 248 g/mol. The van der Waals surface area contributed by atoms with E-state index < -0.39 is 0 Å². The van der Waals surface area contributed by atoms with E-state index in [2.05, 4.69) is 20.4 Å². The molecule has 0 spiro atoms. The Hall–Kier alpha value is -1.27. The summed E-state index contributed by atoms with van der Waals surface area (Å²) in [6, 6.07) is 0.235. The predicted octanol–water partition coefficient (Wildman–Crippen LogP) is 2.71. The van der Waals surface area contributed by atoms with E-state index in [1.54, 1.807) is 17.5 Å². The Morgan fingerprint density at radius 2 is 2.33 bits per heavy atom. The first-order valence-corrected chi connectivity index (χ1v) is 7.14. The Kier molecular flexibility index (Phi) is 3.38. The normalized spacial score (nSPS) is 20.8. The molecule has 96 valence electrons. The minimum atomic E-state index is 0.235. The topological polar surface area (TPSA) is 63.8 Å². The van der Waals surface area contributed by atoms with Crippen molar-refractivity contribution in [2.24, 2.45) is 0 Å². The SMILES string of the molecule is Cc1ncc(-c2nc(C3CCCCCN3)no2)s1. The van der Waals surface area contributed by atoms with Crippen LogP contribution in [0.1, 0.15) is 42.6 Å². The number of thiazole rings is 1. The van der Waals surface area contributed by atoms with Gasteiger partial charge in [-0.25, -0.2) is 4.98 Å². The average molecular weight is 264 g/mol. The number of aromatic nitrogens is 3. The van der Waals surface area contributed by atoms with Gasteiger partial charge in [-0.05, 0) is 26.3 Å². The highest BCUT2D eigenvalue weighted by Crippen LogP contribution is 2.27. The van der Waals surface area contributed by atoms with Gasteiger partial charge in [-0.15, -0.1) is 11.3 Å². The third kappa shape index (κ3) is 2.44. The van der Waals surface area contributed by atoms with Gasteiger partial charge >= 0.3 is 0 Å². The molecule has 1 fully saturated rings. The Bertz CT molecular complexity index is 514. The summed E-state index contributed by atoms with van der Waals surface area (Å²) in [4.78, 5) is 9.64. The molecule has 3 heterocycles. The Labute approximate surface area is 110 Å². The molecule has 0 saturated carbocycles. The van der Waals surface area contributed by atoms with Gasteiger partial charge in [0, 0.05) is 0 Å². The highest BCUT2D eigenvalue weighted by Gasteiger charge is 2.20. The number of rotatable bonds is 2. The molecule has 0 aliphatic carbocycles. The zero-order chi connectivity index (χ0) is 12.4. The van der Waals surface area contributed by atoms with Crippen molar-refractivity contribution in [3.05, 3.63) is 17.0 Å². The van der Waals surface area contributed by atoms with Gasteiger partial charge in [0.15, 0.2) is 5.82 Å². The summed E-state index contributed by atoms with van der Waals surface area (Å²) in [5.41, 5.74) is 0. The van der Waals surface area contributed by atoms with Gasteiger partial charge in [-0.3, -0.25) is 0 Å². The van der Waals surface area contributed by atoms with Gasteiger partial charge in [0.2, 0.25) is 0 Å². The Morgan fingerprint density at radius 1 is 1.39 bits per heavy atom. The van der Waals surface area contributed by atoms with E-state index in [4.69, 9.17) is 4.52 Å². The second-order valence-corrected chi connectivity index (χ2v) is 5.79. The molecule has 2 aromatic heterocycles. The van der Waals surface area contributed by atoms with Gasteiger partial charge in [0.05, 0.1) is 17.2 Å². The van der Waals surface area contributed by atoms with E-state index in [-0.39, 0.29) is 6.04 Å². The maximum atomic E-state index is 5.33. The van der Waals surface area contributed by atoms with Gasteiger partial charge in [0.1, 0.15) is 4.88 Å². The quantitative estimate of drug-likeness (QED) is 0.903. The van der Waals surface area contributed by atoms with Gasteiger partial charge in [-0.1, -0.05) is 18.0 Å². The fourth-order valence-electron chi connectivity index (χ4n) is 2.19. The highest BCUT2D eigenvalue weighted by molar-refractivity contribution is 7.14.